The van der Waals surface area contributed by atoms with E-state index < -0.39 is 0 Å². The van der Waals surface area contributed by atoms with Gasteiger partial charge in [-0.15, -0.1) is 0 Å². The van der Waals surface area contributed by atoms with E-state index in [0.29, 0.717) is 25.5 Å². The van der Waals surface area contributed by atoms with Crippen LogP contribution >= 0.6 is 0 Å². The molecule has 1 amide bonds. The second-order valence-electron chi connectivity index (χ2n) is 6.61. The van der Waals surface area contributed by atoms with Crippen LogP contribution < -0.4 is 10.1 Å². The summed E-state index contributed by atoms with van der Waals surface area (Å²) in [5.41, 5.74) is 0. The monoisotopic (exact) mass is 366 g/mol. The van der Waals surface area contributed by atoms with E-state index in [4.69, 9.17) is 9.47 Å². The van der Waals surface area contributed by atoms with Gasteiger partial charge in [0, 0.05) is 32.2 Å². The van der Waals surface area contributed by atoms with Gasteiger partial charge in [0.25, 0.3) is 0 Å². The lowest BCUT2D eigenvalue weighted by Crippen LogP contribution is -2.41. The molecule has 0 unspecified atom stereocenters. The van der Waals surface area contributed by atoms with Gasteiger partial charge in [-0.25, -0.2) is 4.39 Å². The number of likely N-dealkylation sites (tertiary alicyclic amines) is 1. The average Bonchev–Trinajstić information content (AvgIpc) is 2.67. The number of halogens is 1. The van der Waals surface area contributed by atoms with E-state index in [2.05, 4.69) is 10.2 Å². The lowest BCUT2D eigenvalue weighted by molar-refractivity contribution is -0.126. The fraction of sp³-hybridized carbons (Fsp3) is 0.650. The first-order chi connectivity index (χ1) is 12.7. The molecule has 1 saturated heterocycles. The second-order valence-corrected chi connectivity index (χ2v) is 6.61. The Balaban J connectivity index is 1.52. The molecular weight excluding hydrogens is 335 g/mol. The smallest absolute Gasteiger partial charge is 0.223 e. The molecule has 1 aromatic carbocycles. The fourth-order valence-corrected chi connectivity index (χ4v) is 3.10. The summed E-state index contributed by atoms with van der Waals surface area (Å²) in [6.45, 7) is 7.58. The molecule has 26 heavy (non-hydrogen) atoms. The number of carbonyl (C=O) groups excluding carboxylic acids is 1. The highest BCUT2D eigenvalue weighted by atomic mass is 19.1. The van der Waals surface area contributed by atoms with Crippen LogP contribution in [-0.4, -0.2) is 56.8 Å². The summed E-state index contributed by atoms with van der Waals surface area (Å²) in [4.78, 5) is 14.5. The van der Waals surface area contributed by atoms with E-state index >= 15 is 0 Å². The van der Waals surface area contributed by atoms with Crippen molar-refractivity contribution in [2.24, 2.45) is 5.92 Å². The number of nitrogens with zero attached hydrogens (tertiary/aromatic N) is 1. The number of benzene rings is 1. The molecule has 1 aromatic rings. The van der Waals surface area contributed by atoms with Crippen LogP contribution in [0.5, 0.6) is 5.75 Å². The van der Waals surface area contributed by atoms with Crippen molar-refractivity contribution in [1.29, 1.82) is 0 Å². The third kappa shape index (κ3) is 7.70. The summed E-state index contributed by atoms with van der Waals surface area (Å²) in [6, 6.07) is 6.10. The number of piperidine rings is 1. The number of amides is 1. The maximum Gasteiger partial charge on any atom is 0.223 e. The highest BCUT2D eigenvalue weighted by Gasteiger charge is 2.24. The molecule has 2 rings (SSSR count). The van der Waals surface area contributed by atoms with Gasteiger partial charge in [0.1, 0.15) is 11.6 Å². The zero-order valence-corrected chi connectivity index (χ0v) is 15.7. The number of nitrogens with one attached hydrogen (secondary N) is 1. The van der Waals surface area contributed by atoms with Gasteiger partial charge in [-0.3, -0.25) is 4.79 Å². The van der Waals surface area contributed by atoms with Crippen molar-refractivity contribution in [3.8, 4) is 5.75 Å². The molecule has 1 N–H and O–H groups in total. The predicted octanol–water partition coefficient (Wildman–Crippen LogP) is 2.85. The molecule has 0 aliphatic carbocycles. The predicted molar refractivity (Wildman–Crippen MR) is 99.8 cm³/mol. The van der Waals surface area contributed by atoms with Crippen molar-refractivity contribution in [1.82, 2.24) is 10.2 Å². The van der Waals surface area contributed by atoms with Gasteiger partial charge in [0.05, 0.1) is 6.61 Å². The lowest BCUT2D eigenvalue weighted by atomic mass is 9.96. The Hall–Kier alpha value is -1.66. The van der Waals surface area contributed by atoms with Gasteiger partial charge in [0.2, 0.25) is 5.91 Å². The molecule has 1 heterocycles. The Morgan fingerprint density at radius 1 is 1.19 bits per heavy atom. The SMILES string of the molecule is CCOCCCNC(=O)C1CCN(CCCOc2ccc(F)cc2)CC1. The minimum Gasteiger partial charge on any atom is -0.494 e. The van der Waals surface area contributed by atoms with Crippen molar-refractivity contribution in [3.05, 3.63) is 30.1 Å². The summed E-state index contributed by atoms with van der Waals surface area (Å²) in [5.74, 6) is 0.763. The summed E-state index contributed by atoms with van der Waals surface area (Å²) in [7, 11) is 0. The molecule has 0 radical (unpaired) electrons. The van der Waals surface area contributed by atoms with Gasteiger partial charge in [0.15, 0.2) is 0 Å². The van der Waals surface area contributed by atoms with Crippen LogP contribution in [0.4, 0.5) is 4.39 Å². The number of rotatable bonds is 11. The fourth-order valence-electron chi connectivity index (χ4n) is 3.10. The molecule has 1 fully saturated rings. The number of ether oxygens (including phenoxy) is 2. The third-order valence-electron chi connectivity index (χ3n) is 4.63. The molecule has 0 bridgehead atoms. The molecule has 5 nitrogen and oxygen atoms in total. The van der Waals surface area contributed by atoms with Crippen molar-refractivity contribution in [3.63, 3.8) is 0 Å². The summed E-state index contributed by atoms with van der Waals surface area (Å²) >= 11 is 0. The van der Waals surface area contributed by atoms with E-state index in [1.165, 1.54) is 12.1 Å². The molecule has 0 atom stereocenters. The number of carbonyl (C=O) groups is 1. The Morgan fingerprint density at radius 2 is 1.92 bits per heavy atom. The van der Waals surface area contributed by atoms with Gasteiger partial charge in [-0.1, -0.05) is 0 Å². The van der Waals surface area contributed by atoms with Crippen LogP contribution in [0, 0.1) is 11.7 Å². The van der Waals surface area contributed by atoms with Crippen LogP contribution in [0.2, 0.25) is 0 Å². The minimum atomic E-state index is -0.251. The highest BCUT2D eigenvalue weighted by Crippen LogP contribution is 2.18. The van der Waals surface area contributed by atoms with Gasteiger partial charge >= 0.3 is 0 Å². The zero-order valence-electron chi connectivity index (χ0n) is 15.7. The third-order valence-corrected chi connectivity index (χ3v) is 4.63. The van der Waals surface area contributed by atoms with Gasteiger partial charge in [-0.05, 0) is 70.0 Å². The largest absolute Gasteiger partial charge is 0.494 e. The summed E-state index contributed by atoms with van der Waals surface area (Å²) in [5, 5.41) is 3.02. The standard InChI is InChI=1S/C20H31FN2O3/c1-2-25-15-3-11-22-20(24)17-9-13-23(14-10-17)12-4-16-26-19-7-5-18(21)6-8-19/h5-8,17H,2-4,9-16H2,1H3,(H,22,24). The lowest BCUT2D eigenvalue weighted by Gasteiger charge is -2.31. The van der Waals surface area contributed by atoms with E-state index in [0.717, 1.165) is 51.9 Å². The highest BCUT2D eigenvalue weighted by molar-refractivity contribution is 5.78. The molecule has 6 heteroatoms. The summed E-state index contributed by atoms with van der Waals surface area (Å²) < 4.78 is 23.7. The van der Waals surface area contributed by atoms with E-state index in [9.17, 15) is 9.18 Å². The first-order valence-electron chi connectivity index (χ1n) is 9.65. The number of hydrogen-bond acceptors (Lipinski definition) is 4. The Bertz CT molecular complexity index is 516. The van der Waals surface area contributed by atoms with Crippen LogP contribution in [0.3, 0.4) is 0 Å². The first-order valence-corrected chi connectivity index (χ1v) is 9.65. The molecule has 1 aliphatic heterocycles. The zero-order chi connectivity index (χ0) is 18.6. The van der Waals surface area contributed by atoms with Crippen LogP contribution in [-0.2, 0) is 9.53 Å². The maximum absolute atomic E-state index is 12.8. The second kappa shape index (κ2) is 11.9. The van der Waals surface area contributed by atoms with E-state index in [1.807, 2.05) is 6.92 Å². The van der Waals surface area contributed by atoms with E-state index in [-0.39, 0.29) is 17.6 Å². The van der Waals surface area contributed by atoms with Crippen LogP contribution in [0.1, 0.15) is 32.6 Å². The Kier molecular flexibility index (Phi) is 9.42. The normalized spacial score (nSPS) is 15.8. The van der Waals surface area contributed by atoms with Crippen molar-refractivity contribution in [2.45, 2.75) is 32.6 Å². The minimum absolute atomic E-state index is 0.133. The van der Waals surface area contributed by atoms with Gasteiger partial charge < -0.3 is 19.7 Å². The molecule has 1 aliphatic rings. The molecule has 0 spiro atoms. The maximum atomic E-state index is 12.8. The van der Waals surface area contributed by atoms with Crippen LogP contribution in [0.25, 0.3) is 0 Å². The Labute approximate surface area is 155 Å². The molecular formula is C20H31FN2O3. The Morgan fingerprint density at radius 3 is 2.62 bits per heavy atom. The first kappa shape index (κ1) is 20.6. The number of hydrogen-bond donors (Lipinski definition) is 1. The van der Waals surface area contributed by atoms with Crippen molar-refractivity contribution >= 4 is 5.91 Å². The average molecular weight is 366 g/mol. The molecule has 146 valence electrons. The molecule has 0 saturated carbocycles. The van der Waals surface area contributed by atoms with Gasteiger partial charge in [-0.2, -0.15) is 0 Å². The van der Waals surface area contributed by atoms with Crippen molar-refractivity contribution in [2.75, 3.05) is 46.0 Å². The quantitative estimate of drug-likeness (QED) is 0.612. The summed E-state index contributed by atoms with van der Waals surface area (Å²) in [6.07, 6.45) is 3.62. The van der Waals surface area contributed by atoms with Crippen molar-refractivity contribution < 1.29 is 18.7 Å². The molecule has 0 aromatic heterocycles. The van der Waals surface area contributed by atoms with Crippen LogP contribution in [0.15, 0.2) is 24.3 Å². The topological polar surface area (TPSA) is 50.8 Å². The van der Waals surface area contributed by atoms with E-state index in [1.54, 1.807) is 12.1 Å².